The van der Waals surface area contributed by atoms with Gasteiger partial charge in [-0.15, -0.1) is 0 Å². The molecule has 0 radical (unpaired) electrons. The van der Waals surface area contributed by atoms with Gasteiger partial charge in [-0.2, -0.15) is 0 Å². The van der Waals surface area contributed by atoms with Crippen LogP contribution in [0.2, 0.25) is 0 Å². The molecule has 2 fully saturated rings. The van der Waals surface area contributed by atoms with Crippen LogP contribution >= 0.6 is 0 Å². The molecule has 4 nitrogen and oxygen atoms in total. The number of piperazine rings is 1. The Kier molecular flexibility index (Phi) is 5.02. The second-order valence-electron chi connectivity index (χ2n) is 7.53. The van der Waals surface area contributed by atoms with E-state index in [0.29, 0.717) is 18.4 Å². The predicted molar refractivity (Wildman–Crippen MR) is 93.2 cm³/mol. The van der Waals surface area contributed by atoms with E-state index >= 15 is 0 Å². The molecule has 2 saturated heterocycles. The van der Waals surface area contributed by atoms with Crippen LogP contribution < -0.4 is 5.32 Å². The Bertz CT molecular complexity index is 523. The van der Waals surface area contributed by atoms with Crippen LogP contribution in [0.25, 0.3) is 0 Å². The molecule has 1 aromatic rings. The summed E-state index contributed by atoms with van der Waals surface area (Å²) >= 11 is 0. The monoisotopic (exact) mass is 315 g/mol. The molecule has 0 saturated carbocycles. The van der Waals surface area contributed by atoms with Crippen molar-refractivity contribution >= 4 is 5.91 Å². The number of nitrogens with one attached hydrogen (secondary N) is 1. The standard InChI is InChI=1S/C19H29N3O/c1-19(2)15-21(18(23)13-17-9-6-10-20-17)11-12-22(19)14-16-7-4-3-5-8-16/h3-5,7-8,17,20H,6,9-15H2,1-2H3. The second-order valence-corrected chi connectivity index (χ2v) is 7.53. The average molecular weight is 315 g/mol. The van der Waals surface area contributed by atoms with Crippen molar-refractivity contribution in [2.45, 2.75) is 51.2 Å². The Hall–Kier alpha value is -1.39. The fraction of sp³-hybridized carbons (Fsp3) is 0.632. The quantitative estimate of drug-likeness (QED) is 0.926. The van der Waals surface area contributed by atoms with Gasteiger partial charge < -0.3 is 10.2 Å². The van der Waals surface area contributed by atoms with E-state index in [2.05, 4.69) is 59.3 Å². The van der Waals surface area contributed by atoms with Gasteiger partial charge in [-0.25, -0.2) is 0 Å². The summed E-state index contributed by atoms with van der Waals surface area (Å²) in [5.41, 5.74) is 1.36. The largest absolute Gasteiger partial charge is 0.340 e. The molecule has 1 atom stereocenters. The van der Waals surface area contributed by atoms with Crippen molar-refractivity contribution < 1.29 is 4.79 Å². The third-order valence-corrected chi connectivity index (χ3v) is 5.23. The highest BCUT2D eigenvalue weighted by Gasteiger charge is 2.35. The van der Waals surface area contributed by atoms with Crippen molar-refractivity contribution in [2.24, 2.45) is 0 Å². The second kappa shape index (κ2) is 7.02. The Morgan fingerprint density at radius 1 is 1.26 bits per heavy atom. The molecular weight excluding hydrogens is 286 g/mol. The van der Waals surface area contributed by atoms with E-state index in [9.17, 15) is 4.79 Å². The highest BCUT2D eigenvalue weighted by Crippen LogP contribution is 2.24. The zero-order chi connectivity index (χ0) is 16.3. The lowest BCUT2D eigenvalue weighted by molar-refractivity contribution is -0.137. The highest BCUT2D eigenvalue weighted by atomic mass is 16.2. The summed E-state index contributed by atoms with van der Waals surface area (Å²) in [6.45, 7) is 9.15. The number of benzene rings is 1. The number of hydrogen-bond acceptors (Lipinski definition) is 3. The number of carbonyl (C=O) groups excluding carboxylic acids is 1. The maximum Gasteiger partial charge on any atom is 0.224 e. The molecule has 4 heteroatoms. The molecule has 3 rings (SSSR count). The van der Waals surface area contributed by atoms with Gasteiger partial charge in [-0.05, 0) is 38.8 Å². The van der Waals surface area contributed by atoms with E-state index in [1.165, 1.54) is 12.0 Å². The third kappa shape index (κ3) is 4.12. The van der Waals surface area contributed by atoms with Gasteiger partial charge in [-0.3, -0.25) is 9.69 Å². The molecule has 0 aliphatic carbocycles. The minimum atomic E-state index is 0.0207. The Balaban J connectivity index is 1.57. The summed E-state index contributed by atoms with van der Waals surface area (Å²) < 4.78 is 0. The molecular formula is C19H29N3O. The molecule has 0 aromatic heterocycles. The van der Waals surface area contributed by atoms with Crippen LogP contribution in [-0.2, 0) is 11.3 Å². The first-order valence-electron chi connectivity index (χ1n) is 8.85. The number of hydrogen-bond donors (Lipinski definition) is 1. The molecule has 0 bridgehead atoms. The normalized spacial score (nSPS) is 24.8. The van der Waals surface area contributed by atoms with Gasteiger partial charge in [0.2, 0.25) is 5.91 Å². The first-order chi connectivity index (χ1) is 11.0. The van der Waals surface area contributed by atoms with Crippen LogP contribution in [-0.4, -0.2) is 53.5 Å². The Morgan fingerprint density at radius 2 is 2.04 bits per heavy atom. The molecule has 23 heavy (non-hydrogen) atoms. The van der Waals surface area contributed by atoms with Crippen molar-refractivity contribution in [1.29, 1.82) is 0 Å². The van der Waals surface area contributed by atoms with Crippen molar-refractivity contribution in [3.8, 4) is 0 Å². The Morgan fingerprint density at radius 3 is 2.70 bits per heavy atom. The van der Waals surface area contributed by atoms with E-state index in [4.69, 9.17) is 0 Å². The maximum atomic E-state index is 12.6. The minimum Gasteiger partial charge on any atom is -0.340 e. The molecule has 1 amide bonds. The minimum absolute atomic E-state index is 0.0207. The van der Waals surface area contributed by atoms with Gasteiger partial charge in [0.15, 0.2) is 0 Å². The maximum absolute atomic E-state index is 12.6. The van der Waals surface area contributed by atoms with Crippen molar-refractivity contribution in [3.63, 3.8) is 0 Å². The summed E-state index contributed by atoms with van der Waals surface area (Å²) in [5.74, 6) is 0.317. The van der Waals surface area contributed by atoms with Crippen LogP contribution in [0.15, 0.2) is 30.3 Å². The lowest BCUT2D eigenvalue weighted by Crippen LogP contribution is -2.60. The van der Waals surface area contributed by atoms with E-state index < -0.39 is 0 Å². The van der Waals surface area contributed by atoms with Crippen molar-refractivity contribution in [1.82, 2.24) is 15.1 Å². The summed E-state index contributed by atoms with van der Waals surface area (Å²) in [5, 5.41) is 3.43. The zero-order valence-corrected chi connectivity index (χ0v) is 14.4. The summed E-state index contributed by atoms with van der Waals surface area (Å²) in [7, 11) is 0. The third-order valence-electron chi connectivity index (χ3n) is 5.23. The smallest absolute Gasteiger partial charge is 0.224 e. The van der Waals surface area contributed by atoms with E-state index in [0.717, 1.165) is 39.1 Å². The lowest BCUT2D eigenvalue weighted by atomic mass is 9.97. The van der Waals surface area contributed by atoms with Crippen LogP contribution in [0, 0.1) is 0 Å². The fourth-order valence-electron chi connectivity index (χ4n) is 3.77. The number of rotatable bonds is 4. The number of nitrogens with zero attached hydrogens (tertiary/aromatic N) is 2. The molecule has 126 valence electrons. The van der Waals surface area contributed by atoms with Gasteiger partial charge in [0.05, 0.1) is 0 Å². The SMILES string of the molecule is CC1(C)CN(C(=O)CC2CCCN2)CCN1Cc1ccccc1. The predicted octanol–water partition coefficient (Wildman–Crippen LogP) is 2.25. The van der Waals surface area contributed by atoms with Gasteiger partial charge in [0.25, 0.3) is 0 Å². The van der Waals surface area contributed by atoms with Crippen molar-refractivity contribution in [2.75, 3.05) is 26.2 Å². The first-order valence-corrected chi connectivity index (χ1v) is 8.85. The summed E-state index contributed by atoms with van der Waals surface area (Å²) in [6.07, 6.45) is 3.01. The Labute approximate surface area is 139 Å². The molecule has 0 spiro atoms. The first kappa shape index (κ1) is 16.5. The van der Waals surface area contributed by atoms with Crippen LogP contribution in [0.5, 0.6) is 0 Å². The van der Waals surface area contributed by atoms with Gasteiger partial charge in [0, 0.05) is 44.2 Å². The topological polar surface area (TPSA) is 35.6 Å². The number of carbonyl (C=O) groups is 1. The van der Waals surface area contributed by atoms with E-state index in [-0.39, 0.29) is 5.54 Å². The van der Waals surface area contributed by atoms with E-state index in [1.807, 2.05) is 0 Å². The van der Waals surface area contributed by atoms with Gasteiger partial charge >= 0.3 is 0 Å². The lowest BCUT2D eigenvalue weighted by Gasteiger charge is -2.47. The molecule has 1 N–H and O–H groups in total. The van der Waals surface area contributed by atoms with E-state index in [1.54, 1.807) is 0 Å². The molecule has 1 unspecified atom stereocenters. The summed E-state index contributed by atoms with van der Waals surface area (Å²) in [6, 6.07) is 11.0. The fourth-order valence-corrected chi connectivity index (χ4v) is 3.77. The average Bonchev–Trinajstić information content (AvgIpc) is 3.03. The molecule has 2 aliphatic heterocycles. The summed E-state index contributed by atoms with van der Waals surface area (Å²) in [4.78, 5) is 17.1. The number of amides is 1. The molecule has 2 heterocycles. The van der Waals surface area contributed by atoms with Gasteiger partial charge in [-0.1, -0.05) is 30.3 Å². The van der Waals surface area contributed by atoms with Crippen LogP contribution in [0.3, 0.4) is 0 Å². The van der Waals surface area contributed by atoms with Crippen molar-refractivity contribution in [3.05, 3.63) is 35.9 Å². The highest BCUT2D eigenvalue weighted by molar-refractivity contribution is 5.77. The van der Waals surface area contributed by atoms with Crippen LogP contribution in [0.4, 0.5) is 0 Å². The van der Waals surface area contributed by atoms with Crippen LogP contribution in [0.1, 0.15) is 38.7 Å². The zero-order valence-electron chi connectivity index (χ0n) is 14.4. The molecule has 1 aromatic carbocycles. The molecule has 2 aliphatic rings. The van der Waals surface area contributed by atoms with Gasteiger partial charge in [0.1, 0.15) is 0 Å².